The van der Waals surface area contributed by atoms with E-state index in [1.807, 2.05) is 19.1 Å². The van der Waals surface area contributed by atoms with Crippen molar-refractivity contribution in [2.24, 2.45) is 0 Å². The standard InChI is InChI=1S/C9H11BrO2/c1-2-12-8-4-3-7(6-10)9(11)5-8/h3-5,11H,2,6H2,1H3. The number of hydrogen-bond donors (Lipinski definition) is 1. The molecule has 0 fully saturated rings. The molecule has 0 saturated heterocycles. The number of ether oxygens (including phenoxy) is 1. The highest BCUT2D eigenvalue weighted by atomic mass is 79.9. The molecule has 0 bridgehead atoms. The summed E-state index contributed by atoms with van der Waals surface area (Å²) < 4.78 is 5.21. The Labute approximate surface area is 80.3 Å². The van der Waals surface area contributed by atoms with Gasteiger partial charge in [0.1, 0.15) is 11.5 Å². The molecule has 0 unspecified atom stereocenters. The smallest absolute Gasteiger partial charge is 0.123 e. The molecular weight excluding hydrogens is 220 g/mol. The average Bonchev–Trinajstić information content (AvgIpc) is 2.05. The van der Waals surface area contributed by atoms with E-state index in [0.29, 0.717) is 17.7 Å². The molecule has 12 heavy (non-hydrogen) atoms. The van der Waals surface area contributed by atoms with Crippen LogP contribution in [-0.2, 0) is 5.33 Å². The number of phenols is 1. The lowest BCUT2D eigenvalue weighted by atomic mass is 10.2. The first-order valence-corrected chi connectivity index (χ1v) is 4.90. The van der Waals surface area contributed by atoms with Gasteiger partial charge < -0.3 is 9.84 Å². The number of phenolic OH excluding ortho intramolecular Hbond substituents is 1. The van der Waals surface area contributed by atoms with Crippen molar-refractivity contribution >= 4 is 15.9 Å². The van der Waals surface area contributed by atoms with Crippen LogP contribution in [0.5, 0.6) is 11.5 Å². The first-order valence-electron chi connectivity index (χ1n) is 3.78. The zero-order valence-corrected chi connectivity index (χ0v) is 8.47. The maximum absolute atomic E-state index is 9.41. The monoisotopic (exact) mass is 230 g/mol. The highest BCUT2D eigenvalue weighted by Gasteiger charge is 2.00. The van der Waals surface area contributed by atoms with Gasteiger partial charge in [0.2, 0.25) is 0 Å². The molecule has 3 heteroatoms. The van der Waals surface area contributed by atoms with E-state index in [1.165, 1.54) is 0 Å². The molecule has 1 aromatic rings. The highest BCUT2D eigenvalue weighted by Crippen LogP contribution is 2.25. The highest BCUT2D eigenvalue weighted by molar-refractivity contribution is 9.08. The van der Waals surface area contributed by atoms with Gasteiger partial charge in [-0.1, -0.05) is 22.0 Å². The van der Waals surface area contributed by atoms with E-state index in [0.717, 1.165) is 5.56 Å². The van der Waals surface area contributed by atoms with Gasteiger partial charge in [0.05, 0.1) is 6.61 Å². The van der Waals surface area contributed by atoms with Gasteiger partial charge in [-0.3, -0.25) is 0 Å². The number of alkyl halides is 1. The average molecular weight is 231 g/mol. The second kappa shape index (κ2) is 4.36. The fourth-order valence-corrected chi connectivity index (χ4v) is 1.39. The summed E-state index contributed by atoms with van der Waals surface area (Å²) in [4.78, 5) is 0. The van der Waals surface area contributed by atoms with Crippen LogP contribution in [0.2, 0.25) is 0 Å². The van der Waals surface area contributed by atoms with Crippen LogP contribution in [0, 0.1) is 0 Å². The van der Waals surface area contributed by atoms with Crippen molar-refractivity contribution < 1.29 is 9.84 Å². The molecule has 0 aliphatic carbocycles. The van der Waals surface area contributed by atoms with Crippen LogP contribution >= 0.6 is 15.9 Å². The Hall–Kier alpha value is -0.700. The Morgan fingerprint density at radius 2 is 2.25 bits per heavy atom. The normalized spacial score (nSPS) is 9.83. The van der Waals surface area contributed by atoms with Crippen molar-refractivity contribution in [3.8, 4) is 11.5 Å². The SMILES string of the molecule is CCOc1ccc(CBr)c(O)c1. The van der Waals surface area contributed by atoms with Crippen LogP contribution in [0.1, 0.15) is 12.5 Å². The van der Waals surface area contributed by atoms with E-state index in [-0.39, 0.29) is 5.75 Å². The van der Waals surface area contributed by atoms with Crippen LogP contribution in [0.4, 0.5) is 0 Å². The van der Waals surface area contributed by atoms with E-state index < -0.39 is 0 Å². The molecule has 0 atom stereocenters. The lowest BCUT2D eigenvalue weighted by Gasteiger charge is -2.05. The second-order valence-electron chi connectivity index (χ2n) is 2.36. The lowest BCUT2D eigenvalue weighted by molar-refractivity contribution is 0.337. The zero-order valence-electron chi connectivity index (χ0n) is 6.88. The van der Waals surface area contributed by atoms with Crippen molar-refractivity contribution in [3.63, 3.8) is 0 Å². The Morgan fingerprint density at radius 3 is 2.75 bits per heavy atom. The largest absolute Gasteiger partial charge is 0.508 e. The number of aromatic hydroxyl groups is 1. The summed E-state index contributed by atoms with van der Waals surface area (Å²) in [6.07, 6.45) is 0. The van der Waals surface area contributed by atoms with Gasteiger partial charge in [0.15, 0.2) is 0 Å². The van der Waals surface area contributed by atoms with E-state index in [9.17, 15) is 5.11 Å². The van der Waals surface area contributed by atoms with E-state index in [1.54, 1.807) is 6.07 Å². The van der Waals surface area contributed by atoms with Crippen molar-refractivity contribution in [2.45, 2.75) is 12.3 Å². The third kappa shape index (κ3) is 2.14. The minimum absolute atomic E-state index is 0.276. The first-order chi connectivity index (χ1) is 5.77. The summed E-state index contributed by atoms with van der Waals surface area (Å²) in [5.41, 5.74) is 0.874. The Kier molecular flexibility index (Phi) is 3.41. The van der Waals surface area contributed by atoms with Crippen molar-refractivity contribution in [1.82, 2.24) is 0 Å². The maximum atomic E-state index is 9.41. The van der Waals surface area contributed by atoms with Crippen molar-refractivity contribution in [1.29, 1.82) is 0 Å². The number of hydrogen-bond acceptors (Lipinski definition) is 2. The molecule has 0 spiro atoms. The van der Waals surface area contributed by atoms with Crippen LogP contribution in [0.15, 0.2) is 18.2 Å². The van der Waals surface area contributed by atoms with Gasteiger partial charge in [-0.2, -0.15) is 0 Å². The molecule has 0 radical (unpaired) electrons. The topological polar surface area (TPSA) is 29.5 Å². The molecule has 0 saturated carbocycles. The van der Waals surface area contributed by atoms with Crippen LogP contribution in [0.3, 0.4) is 0 Å². The summed E-state index contributed by atoms with van der Waals surface area (Å²) in [5, 5.41) is 10.1. The van der Waals surface area contributed by atoms with Crippen molar-refractivity contribution in [3.05, 3.63) is 23.8 Å². The number of benzene rings is 1. The minimum Gasteiger partial charge on any atom is -0.508 e. The third-order valence-electron chi connectivity index (χ3n) is 1.51. The number of halogens is 1. The van der Waals surface area contributed by atoms with E-state index in [2.05, 4.69) is 15.9 Å². The molecule has 0 aliphatic rings. The van der Waals surface area contributed by atoms with Crippen LogP contribution in [-0.4, -0.2) is 11.7 Å². The van der Waals surface area contributed by atoms with Gasteiger partial charge in [-0.05, 0) is 13.0 Å². The summed E-state index contributed by atoms with van der Waals surface area (Å²) in [7, 11) is 0. The molecule has 66 valence electrons. The summed E-state index contributed by atoms with van der Waals surface area (Å²) in [5.74, 6) is 0.984. The van der Waals surface area contributed by atoms with E-state index >= 15 is 0 Å². The van der Waals surface area contributed by atoms with Gasteiger partial charge in [0.25, 0.3) is 0 Å². The fraction of sp³-hybridized carbons (Fsp3) is 0.333. The van der Waals surface area contributed by atoms with Gasteiger partial charge in [0, 0.05) is 17.0 Å². The molecule has 1 rings (SSSR count). The van der Waals surface area contributed by atoms with Gasteiger partial charge in [-0.25, -0.2) is 0 Å². The van der Waals surface area contributed by atoms with Crippen LogP contribution < -0.4 is 4.74 Å². The molecule has 0 aromatic heterocycles. The molecule has 0 heterocycles. The van der Waals surface area contributed by atoms with E-state index in [4.69, 9.17) is 4.74 Å². The second-order valence-corrected chi connectivity index (χ2v) is 2.92. The molecule has 0 amide bonds. The molecule has 2 nitrogen and oxygen atoms in total. The fourth-order valence-electron chi connectivity index (χ4n) is 0.913. The maximum Gasteiger partial charge on any atom is 0.123 e. The van der Waals surface area contributed by atoms with Gasteiger partial charge >= 0.3 is 0 Å². The third-order valence-corrected chi connectivity index (χ3v) is 2.12. The molecular formula is C9H11BrO2. The Bertz CT molecular complexity index is 261. The van der Waals surface area contributed by atoms with Gasteiger partial charge in [-0.15, -0.1) is 0 Å². The van der Waals surface area contributed by atoms with Crippen molar-refractivity contribution in [2.75, 3.05) is 6.61 Å². The Balaban J connectivity index is 2.86. The first kappa shape index (κ1) is 9.39. The quantitative estimate of drug-likeness (QED) is 0.810. The molecule has 1 aromatic carbocycles. The Morgan fingerprint density at radius 1 is 1.50 bits per heavy atom. The summed E-state index contributed by atoms with van der Waals surface area (Å²) in [6.45, 7) is 2.53. The molecule has 1 N–H and O–H groups in total. The zero-order chi connectivity index (χ0) is 8.97. The van der Waals surface area contributed by atoms with Crippen LogP contribution in [0.25, 0.3) is 0 Å². The number of rotatable bonds is 3. The predicted molar refractivity (Wildman–Crippen MR) is 51.9 cm³/mol. The predicted octanol–water partition coefficient (Wildman–Crippen LogP) is 2.69. The minimum atomic E-state index is 0.276. The summed E-state index contributed by atoms with van der Waals surface area (Å²) >= 11 is 3.27. The molecule has 0 aliphatic heterocycles. The summed E-state index contributed by atoms with van der Waals surface area (Å²) in [6, 6.07) is 5.31. The lowest BCUT2D eigenvalue weighted by Crippen LogP contribution is -1.91.